The van der Waals surface area contributed by atoms with Gasteiger partial charge in [-0.3, -0.25) is 0 Å². The second-order valence-corrected chi connectivity index (χ2v) is 5.98. The van der Waals surface area contributed by atoms with Crippen molar-refractivity contribution >= 4 is 17.1 Å². The van der Waals surface area contributed by atoms with E-state index in [1.54, 1.807) is 0 Å². The Hall–Kier alpha value is -2.48. The zero-order chi connectivity index (χ0) is 16.3. The summed E-state index contributed by atoms with van der Waals surface area (Å²) in [4.78, 5) is 16.3. The number of nitrogens with zero attached hydrogens (tertiary/aromatic N) is 2. The molecule has 0 radical (unpaired) electrons. The molecule has 1 N–H and O–H groups in total. The van der Waals surface area contributed by atoms with Crippen molar-refractivity contribution in [1.82, 2.24) is 14.9 Å². The summed E-state index contributed by atoms with van der Waals surface area (Å²) in [7, 11) is 0. The SMILES string of the molecule is C#Cc1ccc2c(c1)nc(CNC(=O)OC(C)(C)C)n2CC. The molecule has 22 heavy (non-hydrogen) atoms. The predicted molar refractivity (Wildman–Crippen MR) is 86.4 cm³/mol. The van der Waals surface area contributed by atoms with Gasteiger partial charge in [-0.25, -0.2) is 9.78 Å². The first-order valence-electron chi connectivity index (χ1n) is 7.26. The summed E-state index contributed by atoms with van der Waals surface area (Å²) in [5.74, 6) is 3.38. The third-order valence-corrected chi connectivity index (χ3v) is 3.10. The molecule has 116 valence electrons. The van der Waals surface area contributed by atoms with Gasteiger partial charge in [0.15, 0.2) is 0 Å². The largest absolute Gasteiger partial charge is 0.444 e. The van der Waals surface area contributed by atoms with Crippen molar-refractivity contribution in [3.63, 3.8) is 0 Å². The molecule has 1 aromatic heterocycles. The minimum Gasteiger partial charge on any atom is -0.444 e. The number of alkyl carbamates (subject to hydrolysis) is 1. The number of hydrogen-bond donors (Lipinski definition) is 1. The fourth-order valence-electron chi connectivity index (χ4n) is 2.22. The van der Waals surface area contributed by atoms with Crippen LogP contribution in [0.15, 0.2) is 18.2 Å². The minimum absolute atomic E-state index is 0.308. The maximum absolute atomic E-state index is 11.8. The lowest BCUT2D eigenvalue weighted by atomic mass is 10.2. The molecule has 2 rings (SSSR count). The molecule has 0 unspecified atom stereocenters. The number of carbonyl (C=O) groups excluding carboxylic acids is 1. The lowest BCUT2D eigenvalue weighted by Gasteiger charge is -2.19. The monoisotopic (exact) mass is 299 g/mol. The third-order valence-electron chi connectivity index (χ3n) is 3.10. The van der Waals surface area contributed by atoms with Crippen LogP contribution in [0.2, 0.25) is 0 Å². The summed E-state index contributed by atoms with van der Waals surface area (Å²) in [5.41, 5.74) is 2.11. The molecule has 0 spiro atoms. The number of terminal acetylenes is 1. The van der Waals surface area contributed by atoms with Gasteiger partial charge in [-0.1, -0.05) is 5.92 Å². The molecular formula is C17H21N3O2. The Balaban J connectivity index is 2.21. The number of nitrogens with one attached hydrogen (secondary N) is 1. The van der Waals surface area contributed by atoms with Crippen LogP contribution in [0, 0.1) is 12.3 Å². The van der Waals surface area contributed by atoms with E-state index in [1.165, 1.54) is 0 Å². The van der Waals surface area contributed by atoms with Crippen LogP contribution < -0.4 is 5.32 Å². The van der Waals surface area contributed by atoms with Crippen molar-refractivity contribution in [2.45, 2.75) is 46.4 Å². The van der Waals surface area contributed by atoms with E-state index in [0.29, 0.717) is 6.54 Å². The molecule has 0 atom stereocenters. The topological polar surface area (TPSA) is 56.1 Å². The summed E-state index contributed by atoms with van der Waals surface area (Å²) in [6.07, 6.45) is 4.96. The van der Waals surface area contributed by atoms with Crippen molar-refractivity contribution in [3.8, 4) is 12.3 Å². The zero-order valence-corrected chi connectivity index (χ0v) is 13.4. The Kier molecular flexibility index (Phi) is 4.41. The number of aromatic nitrogens is 2. The van der Waals surface area contributed by atoms with Crippen LogP contribution in [0.5, 0.6) is 0 Å². The fraction of sp³-hybridized carbons (Fsp3) is 0.412. The molecule has 0 aliphatic carbocycles. The van der Waals surface area contributed by atoms with Gasteiger partial charge >= 0.3 is 6.09 Å². The predicted octanol–water partition coefficient (Wildman–Crippen LogP) is 3.06. The van der Waals surface area contributed by atoms with E-state index in [0.717, 1.165) is 29.0 Å². The molecule has 1 amide bonds. The number of imidazole rings is 1. The van der Waals surface area contributed by atoms with E-state index in [9.17, 15) is 4.79 Å². The Morgan fingerprint density at radius 2 is 2.18 bits per heavy atom. The Morgan fingerprint density at radius 3 is 2.77 bits per heavy atom. The highest BCUT2D eigenvalue weighted by molar-refractivity contribution is 5.78. The van der Waals surface area contributed by atoms with Crippen LogP contribution in [0.1, 0.15) is 39.1 Å². The quantitative estimate of drug-likeness (QED) is 0.886. The van der Waals surface area contributed by atoms with Gasteiger partial charge in [-0.15, -0.1) is 6.42 Å². The van der Waals surface area contributed by atoms with Crippen molar-refractivity contribution in [3.05, 3.63) is 29.6 Å². The summed E-state index contributed by atoms with van der Waals surface area (Å²) >= 11 is 0. The smallest absolute Gasteiger partial charge is 0.408 e. The van der Waals surface area contributed by atoms with Gasteiger partial charge in [0.05, 0.1) is 17.6 Å². The Morgan fingerprint density at radius 1 is 1.45 bits per heavy atom. The van der Waals surface area contributed by atoms with Crippen LogP contribution in [0.4, 0.5) is 4.79 Å². The summed E-state index contributed by atoms with van der Waals surface area (Å²) in [6.45, 7) is 8.59. The van der Waals surface area contributed by atoms with E-state index in [2.05, 4.69) is 16.2 Å². The highest BCUT2D eigenvalue weighted by Crippen LogP contribution is 2.18. The van der Waals surface area contributed by atoms with Gasteiger partial charge < -0.3 is 14.6 Å². The van der Waals surface area contributed by atoms with Gasteiger partial charge in [0.2, 0.25) is 0 Å². The van der Waals surface area contributed by atoms with Gasteiger partial charge in [-0.05, 0) is 45.9 Å². The molecule has 0 saturated heterocycles. The van der Waals surface area contributed by atoms with Crippen molar-refractivity contribution in [2.24, 2.45) is 0 Å². The number of aryl methyl sites for hydroxylation is 1. The standard InChI is InChI=1S/C17H21N3O2/c1-6-12-8-9-14-13(10-12)19-15(20(14)7-2)11-18-16(21)22-17(3,4)5/h1,8-10H,7,11H2,2-5H3,(H,18,21). The average molecular weight is 299 g/mol. The maximum atomic E-state index is 11.8. The van der Waals surface area contributed by atoms with Crippen LogP contribution >= 0.6 is 0 Å². The molecule has 0 fully saturated rings. The van der Waals surface area contributed by atoms with Gasteiger partial charge in [0.25, 0.3) is 0 Å². The first kappa shape index (κ1) is 15.9. The van der Waals surface area contributed by atoms with E-state index >= 15 is 0 Å². The van der Waals surface area contributed by atoms with Crippen molar-refractivity contribution in [2.75, 3.05) is 0 Å². The molecular weight excluding hydrogens is 278 g/mol. The van der Waals surface area contributed by atoms with E-state index in [4.69, 9.17) is 11.2 Å². The van der Waals surface area contributed by atoms with E-state index in [1.807, 2.05) is 50.5 Å². The number of carbonyl (C=O) groups is 1. The number of ether oxygens (including phenoxy) is 1. The first-order chi connectivity index (χ1) is 10.3. The van der Waals surface area contributed by atoms with Crippen LogP contribution in [0.3, 0.4) is 0 Å². The number of rotatable bonds is 3. The second kappa shape index (κ2) is 6.10. The molecule has 5 nitrogen and oxygen atoms in total. The minimum atomic E-state index is -0.517. The lowest BCUT2D eigenvalue weighted by Crippen LogP contribution is -2.32. The van der Waals surface area contributed by atoms with E-state index in [-0.39, 0.29) is 0 Å². The Labute approximate surface area is 130 Å². The molecule has 1 heterocycles. The number of hydrogen-bond acceptors (Lipinski definition) is 3. The average Bonchev–Trinajstić information content (AvgIpc) is 2.79. The molecule has 5 heteroatoms. The van der Waals surface area contributed by atoms with Crippen LogP contribution in [-0.4, -0.2) is 21.2 Å². The van der Waals surface area contributed by atoms with E-state index < -0.39 is 11.7 Å². The molecule has 0 bridgehead atoms. The van der Waals surface area contributed by atoms with Gasteiger partial charge in [-0.2, -0.15) is 0 Å². The molecule has 1 aromatic carbocycles. The summed E-state index contributed by atoms with van der Waals surface area (Å²) in [5, 5.41) is 2.73. The summed E-state index contributed by atoms with van der Waals surface area (Å²) in [6, 6.07) is 5.72. The van der Waals surface area contributed by atoms with Gasteiger partial charge in [0.1, 0.15) is 11.4 Å². The first-order valence-corrected chi connectivity index (χ1v) is 7.26. The second-order valence-electron chi connectivity index (χ2n) is 5.98. The fourth-order valence-corrected chi connectivity index (χ4v) is 2.22. The highest BCUT2D eigenvalue weighted by Gasteiger charge is 2.17. The van der Waals surface area contributed by atoms with Crippen LogP contribution in [-0.2, 0) is 17.8 Å². The summed E-state index contributed by atoms with van der Waals surface area (Å²) < 4.78 is 7.28. The highest BCUT2D eigenvalue weighted by atomic mass is 16.6. The van der Waals surface area contributed by atoms with Crippen molar-refractivity contribution < 1.29 is 9.53 Å². The zero-order valence-electron chi connectivity index (χ0n) is 13.4. The van der Waals surface area contributed by atoms with Gasteiger partial charge in [0, 0.05) is 12.1 Å². The molecule has 2 aromatic rings. The molecule has 0 saturated carbocycles. The third kappa shape index (κ3) is 3.59. The lowest BCUT2D eigenvalue weighted by molar-refractivity contribution is 0.0521. The number of amides is 1. The van der Waals surface area contributed by atoms with Crippen molar-refractivity contribution in [1.29, 1.82) is 0 Å². The number of fused-ring (bicyclic) bond motifs is 1. The number of benzene rings is 1. The maximum Gasteiger partial charge on any atom is 0.408 e. The molecule has 0 aliphatic rings. The molecule has 0 aliphatic heterocycles. The van der Waals surface area contributed by atoms with Crippen LogP contribution in [0.25, 0.3) is 11.0 Å². The Bertz CT molecular complexity index is 733. The normalized spacial score (nSPS) is 11.2.